The first-order chi connectivity index (χ1) is 23.5. The largest absolute Gasteiger partial charge is 0.251 e. The van der Waals surface area contributed by atoms with Crippen LogP contribution in [-0.2, 0) is 0 Å². The molecule has 0 saturated carbocycles. The molecule has 3 aromatic heterocycles. The Morgan fingerprint density at radius 3 is 1.71 bits per heavy atom. The van der Waals surface area contributed by atoms with Gasteiger partial charge in [-0.2, -0.15) is 0 Å². The lowest BCUT2D eigenvalue weighted by atomic mass is 9.95. The highest BCUT2D eigenvalue weighted by Gasteiger charge is 2.15. The topological polar surface area (TPSA) is 38.7 Å². The lowest BCUT2D eigenvalue weighted by Gasteiger charge is -2.14. The maximum Gasteiger partial charge on any atom is 0.0974 e. The first-order valence-electron chi connectivity index (χ1n) is 16.6. The third-order valence-electron chi connectivity index (χ3n) is 9.07. The fourth-order valence-electron chi connectivity index (χ4n) is 6.51. The Balaban J connectivity index is 1.26. The van der Waals surface area contributed by atoms with E-state index in [2.05, 4.69) is 166 Å². The zero-order chi connectivity index (χ0) is 32.6. The van der Waals surface area contributed by atoms with Crippen LogP contribution in [0, 0.1) is 6.92 Å². The number of nitrogens with zero attached hydrogens (tertiary/aromatic N) is 3. The van der Waals surface area contributed by atoms with Gasteiger partial charge in [0.2, 0.25) is 0 Å². The third-order valence-corrected chi connectivity index (χ3v) is 9.07. The summed E-state index contributed by atoms with van der Waals surface area (Å²) in [6.07, 6.45) is 0. The molecule has 3 heterocycles. The molecule has 3 heteroatoms. The molecule has 8 rings (SSSR count). The molecular weight excluding hydrogens is 583 g/mol. The maximum absolute atomic E-state index is 5.22. The van der Waals surface area contributed by atoms with Crippen LogP contribution in [0.5, 0.6) is 0 Å². The van der Waals surface area contributed by atoms with Crippen LogP contribution in [-0.4, -0.2) is 15.0 Å². The van der Waals surface area contributed by atoms with Gasteiger partial charge in [0, 0.05) is 33.3 Å². The minimum atomic E-state index is 0.344. The van der Waals surface area contributed by atoms with Crippen LogP contribution in [0.2, 0.25) is 0 Å². The van der Waals surface area contributed by atoms with Gasteiger partial charge in [-0.25, -0.2) is 4.98 Å². The molecule has 0 aliphatic heterocycles. The van der Waals surface area contributed by atoms with E-state index in [-0.39, 0.29) is 0 Å². The molecule has 3 nitrogen and oxygen atoms in total. The van der Waals surface area contributed by atoms with Crippen molar-refractivity contribution < 1.29 is 0 Å². The van der Waals surface area contributed by atoms with E-state index in [0.29, 0.717) is 5.92 Å². The predicted molar refractivity (Wildman–Crippen MR) is 201 cm³/mol. The Kier molecular flexibility index (Phi) is 7.58. The van der Waals surface area contributed by atoms with Crippen LogP contribution in [0.3, 0.4) is 0 Å². The molecule has 0 spiro atoms. The summed E-state index contributed by atoms with van der Waals surface area (Å²) in [4.78, 5) is 15.3. The molecule has 0 aliphatic rings. The highest BCUT2D eigenvalue weighted by Crippen LogP contribution is 2.36. The van der Waals surface area contributed by atoms with Gasteiger partial charge >= 0.3 is 0 Å². The molecule has 230 valence electrons. The van der Waals surface area contributed by atoms with Gasteiger partial charge in [-0.3, -0.25) is 9.97 Å². The first-order valence-corrected chi connectivity index (χ1v) is 16.6. The Hall–Kier alpha value is -5.93. The molecule has 5 aromatic carbocycles. The minimum absolute atomic E-state index is 0.344. The average Bonchev–Trinajstić information content (AvgIpc) is 3.15. The smallest absolute Gasteiger partial charge is 0.0974 e. The number of hydrogen-bond acceptors (Lipinski definition) is 3. The molecule has 0 amide bonds. The lowest BCUT2D eigenvalue weighted by Crippen LogP contribution is -1.96. The average molecular weight is 618 g/mol. The molecule has 0 N–H and O–H groups in total. The van der Waals surface area contributed by atoms with Gasteiger partial charge < -0.3 is 0 Å². The normalized spacial score (nSPS) is 11.4. The van der Waals surface area contributed by atoms with Crippen LogP contribution < -0.4 is 0 Å². The van der Waals surface area contributed by atoms with E-state index in [0.717, 1.165) is 78.0 Å². The van der Waals surface area contributed by atoms with Crippen LogP contribution >= 0.6 is 0 Å². The molecule has 0 radical (unpaired) electrons. The van der Waals surface area contributed by atoms with Crippen LogP contribution in [0.4, 0.5) is 0 Å². The van der Waals surface area contributed by atoms with Crippen molar-refractivity contribution in [2.45, 2.75) is 26.7 Å². The van der Waals surface area contributed by atoms with Gasteiger partial charge in [-0.15, -0.1) is 0 Å². The maximum atomic E-state index is 5.22. The Morgan fingerprint density at radius 2 is 1.00 bits per heavy atom. The van der Waals surface area contributed by atoms with Crippen molar-refractivity contribution in [3.05, 3.63) is 163 Å². The van der Waals surface area contributed by atoms with Gasteiger partial charge in [-0.05, 0) is 76.6 Å². The number of pyridine rings is 3. The van der Waals surface area contributed by atoms with Crippen molar-refractivity contribution in [3.63, 3.8) is 0 Å². The highest BCUT2D eigenvalue weighted by molar-refractivity contribution is 6.08. The fraction of sp³-hybridized carbons (Fsp3) is 0.0889. The summed E-state index contributed by atoms with van der Waals surface area (Å²) in [6.45, 7) is 6.43. The SMILES string of the molecule is Cc1cc(-c2cccc(-c3cc(-c4ccc(-c5ccccc5)cc4)cc(-c4ccccc4)n3)c2)c2ccc3ccc(C(C)C)nc3c2n1. The van der Waals surface area contributed by atoms with Crippen molar-refractivity contribution >= 4 is 21.8 Å². The number of aryl methyl sites for hydroxylation is 1. The van der Waals surface area contributed by atoms with Crippen molar-refractivity contribution in [1.29, 1.82) is 0 Å². The number of benzene rings is 5. The summed E-state index contributed by atoms with van der Waals surface area (Å²) >= 11 is 0. The van der Waals surface area contributed by atoms with E-state index >= 15 is 0 Å². The standard InChI is InChI=1S/C45H35N3/c1-29(2)41-24-22-35-21-23-39-40(25-30(3)46-45(39)44(35)48-41)36-15-10-16-37(26-36)43-28-38(27-42(47-43)34-13-8-5-9-14-34)33-19-17-32(18-20-33)31-11-6-4-7-12-31/h4-29H,1-3H3. The number of hydrogen-bond donors (Lipinski definition) is 0. The molecular formula is C45H35N3. The Bertz CT molecular complexity index is 2410. The zero-order valence-corrected chi connectivity index (χ0v) is 27.4. The second-order valence-electron chi connectivity index (χ2n) is 12.8. The summed E-state index contributed by atoms with van der Waals surface area (Å²) in [6, 6.07) is 53.7. The van der Waals surface area contributed by atoms with Crippen molar-refractivity contribution in [2.24, 2.45) is 0 Å². The first kappa shape index (κ1) is 29.5. The van der Waals surface area contributed by atoms with Gasteiger partial charge in [-0.1, -0.05) is 135 Å². The van der Waals surface area contributed by atoms with Gasteiger partial charge in [0.05, 0.1) is 22.4 Å². The molecule has 0 bridgehead atoms. The van der Waals surface area contributed by atoms with E-state index in [9.17, 15) is 0 Å². The van der Waals surface area contributed by atoms with Gasteiger partial charge in [0.1, 0.15) is 0 Å². The van der Waals surface area contributed by atoms with Crippen molar-refractivity contribution in [3.8, 4) is 55.9 Å². The molecule has 0 aliphatic carbocycles. The zero-order valence-electron chi connectivity index (χ0n) is 27.4. The van der Waals surface area contributed by atoms with Crippen molar-refractivity contribution in [2.75, 3.05) is 0 Å². The van der Waals surface area contributed by atoms with E-state index in [1.54, 1.807) is 0 Å². The summed E-state index contributed by atoms with van der Waals surface area (Å²) in [5.74, 6) is 0.344. The molecule has 0 atom stereocenters. The van der Waals surface area contributed by atoms with Gasteiger partial charge in [0.25, 0.3) is 0 Å². The third kappa shape index (κ3) is 5.65. The Labute approximate surface area is 281 Å². The number of rotatable bonds is 6. The summed E-state index contributed by atoms with van der Waals surface area (Å²) in [5, 5.41) is 2.21. The van der Waals surface area contributed by atoms with E-state index in [1.165, 1.54) is 11.1 Å². The van der Waals surface area contributed by atoms with Crippen LogP contribution in [0.1, 0.15) is 31.2 Å². The van der Waals surface area contributed by atoms with Gasteiger partial charge in [0.15, 0.2) is 0 Å². The Morgan fingerprint density at radius 1 is 0.417 bits per heavy atom. The minimum Gasteiger partial charge on any atom is -0.251 e. The van der Waals surface area contributed by atoms with Crippen molar-refractivity contribution in [1.82, 2.24) is 15.0 Å². The second kappa shape index (κ2) is 12.4. The van der Waals surface area contributed by atoms with E-state index in [4.69, 9.17) is 15.0 Å². The molecule has 48 heavy (non-hydrogen) atoms. The molecule has 0 fully saturated rings. The second-order valence-corrected chi connectivity index (χ2v) is 12.8. The number of fused-ring (bicyclic) bond motifs is 3. The monoisotopic (exact) mass is 617 g/mol. The summed E-state index contributed by atoms with van der Waals surface area (Å²) < 4.78 is 0. The highest BCUT2D eigenvalue weighted by atomic mass is 14.8. The number of aromatic nitrogens is 3. The molecule has 0 saturated heterocycles. The fourth-order valence-corrected chi connectivity index (χ4v) is 6.51. The lowest BCUT2D eigenvalue weighted by molar-refractivity contribution is 0.830. The predicted octanol–water partition coefficient (Wildman–Crippen LogP) is 11.9. The van der Waals surface area contributed by atoms with Crippen LogP contribution in [0.25, 0.3) is 77.7 Å². The quantitative estimate of drug-likeness (QED) is 0.174. The molecule has 0 unspecified atom stereocenters. The summed E-state index contributed by atoms with van der Waals surface area (Å²) in [5.41, 5.74) is 15.0. The molecule has 8 aromatic rings. The van der Waals surface area contributed by atoms with Crippen LogP contribution in [0.15, 0.2) is 152 Å². The van der Waals surface area contributed by atoms with E-state index < -0.39 is 0 Å². The van der Waals surface area contributed by atoms with E-state index in [1.807, 2.05) is 6.07 Å². The summed E-state index contributed by atoms with van der Waals surface area (Å²) in [7, 11) is 0.